The molecular weight excluding hydrogens is 222 g/mol. The van der Waals surface area contributed by atoms with Gasteiger partial charge in [-0.1, -0.05) is 48.5 Å². The van der Waals surface area contributed by atoms with Gasteiger partial charge in [0.1, 0.15) is 5.75 Å². The molecule has 1 aromatic rings. The fourth-order valence-corrected chi connectivity index (χ4v) is 0.978. The Labute approximate surface area is 115 Å². The Morgan fingerprint density at radius 2 is 1.33 bits per heavy atom. The Morgan fingerprint density at radius 1 is 0.889 bits per heavy atom. The number of hydrogen-bond donors (Lipinski definition) is 1. The molecule has 0 aliphatic carbocycles. The zero-order valence-electron chi connectivity index (χ0n) is 13.6. The number of rotatable bonds is 4. The minimum atomic E-state index is 0.900. The van der Waals surface area contributed by atoms with Gasteiger partial charge >= 0.3 is 0 Å². The lowest BCUT2D eigenvalue weighted by Crippen LogP contribution is -1.98. The Morgan fingerprint density at radius 3 is 1.67 bits per heavy atom. The van der Waals surface area contributed by atoms with E-state index in [0.29, 0.717) is 0 Å². The maximum absolute atomic E-state index is 5.05. The van der Waals surface area contributed by atoms with Gasteiger partial charge in [0.15, 0.2) is 0 Å². The summed E-state index contributed by atoms with van der Waals surface area (Å²) in [6.45, 7) is 15.2. The van der Waals surface area contributed by atoms with Gasteiger partial charge in [-0.2, -0.15) is 0 Å². The highest BCUT2D eigenvalue weighted by Gasteiger charge is 1.91. The standard InChI is InChI=1S/C10H15NO.3C2H6/c1-3-8-11-9-4-6-10(12-2)7-5-9;3*1-2/h4-7,11H,3,8H2,1-2H3;3*1-2H3. The van der Waals surface area contributed by atoms with Gasteiger partial charge in [0.2, 0.25) is 0 Å². The molecule has 0 atom stereocenters. The molecule has 0 aromatic heterocycles. The van der Waals surface area contributed by atoms with Crippen LogP contribution < -0.4 is 10.1 Å². The third-order valence-corrected chi connectivity index (χ3v) is 1.67. The smallest absolute Gasteiger partial charge is 0.119 e. The molecule has 1 aromatic carbocycles. The number of methoxy groups -OCH3 is 1. The summed E-state index contributed by atoms with van der Waals surface area (Å²) in [5.41, 5.74) is 1.15. The largest absolute Gasteiger partial charge is 0.497 e. The first-order chi connectivity index (χ1) is 8.86. The van der Waals surface area contributed by atoms with Gasteiger partial charge in [-0.3, -0.25) is 0 Å². The molecule has 0 aliphatic rings. The van der Waals surface area contributed by atoms with Crippen molar-refractivity contribution in [2.75, 3.05) is 19.0 Å². The van der Waals surface area contributed by atoms with Gasteiger partial charge in [-0.15, -0.1) is 0 Å². The molecular formula is C16H33NO. The highest BCUT2D eigenvalue weighted by atomic mass is 16.5. The van der Waals surface area contributed by atoms with E-state index in [-0.39, 0.29) is 0 Å². The first kappa shape index (κ1) is 22.0. The van der Waals surface area contributed by atoms with Gasteiger partial charge in [-0.05, 0) is 30.7 Å². The fraction of sp³-hybridized carbons (Fsp3) is 0.625. The summed E-state index contributed by atoms with van der Waals surface area (Å²) >= 11 is 0. The van der Waals surface area contributed by atoms with Gasteiger partial charge in [-0.25, -0.2) is 0 Å². The summed E-state index contributed by atoms with van der Waals surface area (Å²) in [5.74, 6) is 0.900. The summed E-state index contributed by atoms with van der Waals surface area (Å²) in [4.78, 5) is 0. The van der Waals surface area contributed by atoms with Crippen molar-refractivity contribution >= 4 is 5.69 Å². The molecule has 0 spiro atoms. The van der Waals surface area contributed by atoms with Crippen molar-refractivity contribution in [3.63, 3.8) is 0 Å². The average Bonchev–Trinajstić information content (AvgIpc) is 2.51. The lowest BCUT2D eigenvalue weighted by Gasteiger charge is -2.04. The molecule has 2 heteroatoms. The predicted octanol–water partition coefficient (Wildman–Crippen LogP) is 5.60. The highest BCUT2D eigenvalue weighted by Crippen LogP contribution is 2.14. The molecule has 0 saturated heterocycles. The normalized spacial score (nSPS) is 7.33. The van der Waals surface area contributed by atoms with E-state index in [1.807, 2.05) is 65.8 Å². The third-order valence-electron chi connectivity index (χ3n) is 1.67. The second kappa shape index (κ2) is 21.1. The average molecular weight is 255 g/mol. The van der Waals surface area contributed by atoms with E-state index < -0.39 is 0 Å². The number of anilines is 1. The van der Waals surface area contributed by atoms with Gasteiger partial charge in [0.25, 0.3) is 0 Å². The quantitative estimate of drug-likeness (QED) is 0.756. The molecule has 0 fully saturated rings. The number of hydrogen-bond acceptors (Lipinski definition) is 2. The molecule has 1 N–H and O–H groups in total. The Bertz CT molecular complexity index is 219. The molecule has 0 aliphatic heterocycles. The second-order valence-electron chi connectivity index (χ2n) is 2.66. The summed E-state index contributed by atoms with van der Waals surface area (Å²) in [6, 6.07) is 7.96. The van der Waals surface area contributed by atoms with Gasteiger partial charge < -0.3 is 10.1 Å². The zero-order chi connectivity index (χ0) is 14.8. The van der Waals surface area contributed by atoms with Crippen molar-refractivity contribution in [3.8, 4) is 5.75 Å². The number of benzene rings is 1. The third kappa shape index (κ3) is 12.9. The van der Waals surface area contributed by atoms with Crippen LogP contribution in [0.4, 0.5) is 5.69 Å². The Kier molecular flexibility index (Phi) is 25.9. The van der Waals surface area contributed by atoms with Crippen LogP contribution in [0.25, 0.3) is 0 Å². The first-order valence-corrected chi connectivity index (χ1v) is 7.24. The number of nitrogens with one attached hydrogen (secondary N) is 1. The summed E-state index contributed by atoms with van der Waals surface area (Å²) < 4.78 is 5.05. The van der Waals surface area contributed by atoms with Crippen LogP contribution in [0.1, 0.15) is 54.9 Å². The lowest BCUT2D eigenvalue weighted by atomic mass is 10.3. The monoisotopic (exact) mass is 255 g/mol. The summed E-state index contributed by atoms with van der Waals surface area (Å²) in [5, 5.41) is 3.29. The molecule has 108 valence electrons. The molecule has 0 radical (unpaired) electrons. The van der Waals surface area contributed by atoms with Crippen molar-refractivity contribution < 1.29 is 4.74 Å². The Hall–Kier alpha value is -1.18. The van der Waals surface area contributed by atoms with E-state index in [4.69, 9.17) is 4.74 Å². The molecule has 2 nitrogen and oxygen atoms in total. The maximum Gasteiger partial charge on any atom is 0.119 e. The first-order valence-electron chi connectivity index (χ1n) is 7.24. The van der Waals surface area contributed by atoms with Crippen LogP contribution in [0.3, 0.4) is 0 Å². The van der Waals surface area contributed by atoms with Crippen molar-refractivity contribution in [2.24, 2.45) is 0 Å². The summed E-state index contributed by atoms with van der Waals surface area (Å²) in [7, 11) is 1.68. The van der Waals surface area contributed by atoms with Crippen LogP contribution in [0, 0.1) is 0 Å². The van der Waals surface area contributed by atoms with Crippen LogP contribution in [0.15, 0.2) is 24.3 Å². The molecule has 0 bridgehead atoms. The minimum Gasteiger partial charge on any atom is -0.497 e. The minimum absolute atomic E-state index is 0.900. The highest BCUT2D eigenvalue weighted by molar-refractivity contribution is 5.46. The number of ether oxygens (including phenoxy) is 1. The molecule has 1 rings (SSSR count). The van der Waals surface area contributed by atoms with Crippen LogP contribution in [-0.4, -0.2) is 13.7 Å². The van der Waals surface area contributed by atoms with Crippen molar-refractivity contribution in [2.45, 2.75) is 54.9 Å². The molecule has 0 heterocycles. The maximum atomic E-state index is 5.05. The van der Waals surface area contributed by atoms with E-state index in [2.05, 4.69) is 12.2 Å². The molecule has 0 unspecified atom stereocenters. The van der Waals surface area contributed by atoms with Crippen LogP contribution in [-0.2, 0) is 0 Å². The van der Waals surface area contributed by atoms with Crippen molar-refractivity contribution in [1.82, 2.24) is 0 Å². The molecule has 0 saturated carbocycles. The summed E-state index contributed by atoms with van der Waals surface area (Å²) in [6.07, 6.45) is 1.14. The van der Waals surface area contributed by atoms with Crippen molar-refractivity contribution in [1.29, 1.82) is 0 Å². The fourth-order valence-electron chi connectivity index (χ4n) is 0.978. The SMILES string of the molecule is CC.CC.CC.CCCNc1ccc(OC)cc1. The van der Waals surface area contributed by atoms with Crippen LogP contribution >= 0.6 is 0 Å². The van der Waals surface area contributed by atoms with Gasteiger partial charge in [0.05, 0.1) is 7.11 Å². The van der Waals surface area contributed by atoms with Crippen LogP contribution in [0.5, 0.6) is 5.75 Å². The Balaban J connectivity index is -0.000000328. The predicted molar refractivity (Wildman–Crippen MR) is 85.8 cm³/mol. The van der Waals surface area contributed by atoms with E-state index in [1.165, 1.54) is 0 Å². The van der Waals surface area contributed by atoms with Crippen LogP contribution in [0.2, 0.25) is 0 Å². The second-order valence-corrected chi connectivity index (χ2v) is 2.66. The lowest BCUT2D eigenvalue weighted by molar-refractivity contribution is 0.415. The van der Waals surface area contributed by atoms with E-state index in [9.17, 15) is 0 Å². The zero-order valence-corrected chi connectivity index (χ0v) is 13.6. The van der Waals surface area contributed by atoms with E-state index in [1.54, 1.807) is 7.11 Å². The van der Waals surface area contributed by atoms with Gasteiger partial charge in [0, 0.05) is 12.2 Å². The molecule has 0 amide bonds. The van der Waals surface area contributed by atoms with E-state index in [0.717, 1.165) is 24.4 Å². The van der Waals surface area contributed by atoms with Crippen molar-refractivity contribution in [3.05, 3.63) is 24.3 Å². The molecule has 18 heavy (non-hydrogen) atoms. The van der Waals surface area contributed by atoms with E-state index >= 15 is 0 Å². The topological polar surface area (TPSA) is 21.3 Å².